The molecule has 4 rings (SSSR count). The fourth-order valence-corrected chi connectivity index (χ4v) is 2.88. The first-order valence-corrected chi connectivity index (χ1v) is 9.48. The van der Waals surface area contributed by atoms with Gasteiger partial charge in [-0.25, -0.2) is 0 Å². The molecule has 0 saturated heterocycles. The first kappa shape index (κ1) is 21.1. The van der Waals surface area contributed by atoms with Gasteiger partial charge >= 0.3 is 6.18 Å². The van der Waals surface area contributed by atoms with Crippen LogP contribution in [0.5, 0.6) is 5.75 Å². The monoisotopic (exact) mass is 439 g/mol. The van der Waals surface area contributed by atoms with Crippen LogP contribution < -0.4 is 10.1 Å². The van der Waals surface area contributed by atoms with E-state index in [4.69, 9.17) is 9.26 Å². The molecule has 0 unspecified atom stereocenters. The molecule has 1 heterocycles. The molecule has 0 saturated carbocycles. The minimum absolute atomic E-state index is 0.0291. The molecule has 0 atom stereocenters. The number of nitrogens with zero attached hydrogens (tertiary/aromatic N) is 2. The Labute approximate surface area is 180 Å². The predicted octanol–water partition coefficient (Wildman–Crippen LogP) is 5.44. The first-order chi connectivity index (χ1) is 15.4. The largest absolute Gasteiger partial charge is 0.484 e. The molecule has 1 N–H and O–H groups in total. The molecule has 9 heteroatoms. The van der Waals surface area contributed by atoms with E-state index < -0.39 is 24.3 Å². The van der Waals surface area contributed by atoms with Gasteiger partial charge in [-0.3, -0.25) is 4.79 Å². The number of halogens is 3. The van der Waals surface area contributed by atoms with Gasteiger partial charge in [0.05, 0.1) is 5.56 Å². The van der Waals surface area contributed by atoms with Crippen LogP contribution in [0.15, 0.2) is 83.4 Å². The van der Waals surface area contributed by atoms with Crippen LogP contribution in [0.1, 0.15) is 5.56 Å². The van der Waals surface area contributed by atoms with Crippen molar-refractivity contribution in [1.29, 1.82) is 0 Å². The number of alkyl halides is 3. The second-order valence-corrected chi connectivity index (χ2v) is 6.73. The second-order valence-electron chi connectivity index (χ2n) is 6.73. The van der Waals surface area contributed by atoms with E-state index in [9.17, 15) is 18.0 Å². The number of amides is 1. The lowest BCUT2D eigenvalue weighted by Gasteiger charge is -2.10. The molecule has 0 aliphatic carbocycles. The first-order valence-electron chi connectivity index (χ1n) is 9.48. The Hall–Kier alpha value is -4.14. The summed E-state index contributed by atoms with van der Waals surface area (Å²) >= 11 is 0. The molecule has 1 amide bonds. The number of aromatic nitrogens is 2. The fraction of sp³-hybridized carbons (Fsp3) is 0.0870. The average molecular weight is 439 g/mol. The van der Waals surface area contributed by atoms with Gasteiger partial charge in [-0.15, -0.1) is 0 Å². The highest BCUT2D eigenvalue weighted by Gasteiger charge is 2.30. The molecule has 0 aliphatic rings. The summed E-state index contributed by atoms with van der Waals surface area (Å²) in [5, 5.41) is 6.35. The Morgan fingerprint density at radius 3 is 2.47 bits per heavy atom. The van der Waals surface area contributed by atoms with Crippen LogP contribution in [0.3, 0.4) is 0 Å². The van der Waals surface area contributed by atoms with Crippen molar-refractivity contribution in [2.24, 2.45) is 0 Å². The van der Waals surface area contributed by atoms with Gasteiger partial charge in [-0.2, -0.15) is 18.2 Å². The van der Waals surface area contributed by atoms with E-state index in [2.05, 4.69) is 15.5 Å². The highest BCUT2D eigenvalue weighted by Crippen LogP contribution is 2.30. The average Bonchev–Trinajstić information content (AvgIpc) is 3.29. The van der Waals surface area contributed by atoms with E-state index in [1.807, 2.05) is 30.3 Å². The maximum absolute atomic E-state index is 12.8. The molecule has 0 fully saturated rings. The van der Waals surface area contributed by atoms with Crippen LogP contribution in [0.4, 0.5) is 18.9 Å². The maximum atomic E-state index is 12.8. The van der Waals surface area contributed by atoms with Crippen molar-refractivity contribution < 1.29 is 27.2 Å². The van der Waals surface area contributed by atoms with E-state index in [1.165, 1.54) is 12.1 Å². The molecule has 6 nitrogen and oxygen atoms in total. The Bertz CT molecular complexity index is 1220. The van der Waals surface area contributed by atoms with E-state index in [-0.39, 0.29) is 11.6 Å². The summed E-state index contributed by atoms with van der Waals surface area (Å²) in [5.41, 5.74) is 0.580. The Balaban J connectivity index is 1.40. The van der Waals surface area contributed by atoms with Crippen LogP contribution in [0.2, 0.25) is 0 Å². The van der Waals surface area contributed by atoms with Crippen molar-refractivity contribution in [3.8, 4) is 28.6 Å². The van der Waals surface area contributed by atoms with Crippen molar-refractivity contribution in [2.45, 2.75) is 6.18 Å². The predicted molar refractivity (Wildman–Crippen MR) is 111 cm³/mol. The summed E-state index contributed by atoms with van der Waals surface area (Å²) in [6.07, 6.45) is -4.49. The lowest BCUT2D eigenvalue weighted by atomic mass is 10.2. The van der Waals surface area contributed by atoms with Crippen LogP contribution in [-0.2, 0) is 11.0 Å². The number of carbonyl (C=O) groups is 1. The van der Waals surface area contributed by atoms with Gasteiger partial charge in [0.2, 0.25) is 5.82 Å². The number of hydrogen-bond acceptors (Lipinski definition) is 5. The zero-order valence-corrected chi connectivity index (χ0v) is 16.5. The van der Waals surface area contributed by atoms with Gasteiger partial charge in [-0.1, -0.05) is 47.6 Å². The third-order valence-electron chi connectivity index (χ3n) is 4.38. The maximum Gasteiger partial charge on any atom is 0.416 e. The summed E-state index contributed by atoms with van der Waals surface area (Å²) in [6, 6.07) is 20.4. The molecule has 1 aromatic heterocycles. The molecular formula is C23H16F3N3O3. The van der Waals surface area contributed by atoms with E-state index in [1.54, 1.807) is 24.3 Å². The molecule has 0 bridgehead atoms. The van der Waals surface area contributed by atoms with Crippen LogP contribution in [0, 0.1) is 0 Å². The molecular weight excluding hydrogens is 423 g/mol. The Morgan fingerprint density at radius 1 is 0.938 bits per heavy atom. The van der Waals surface area contributed by atoms with E-state index in [0.717, 1.165) is 17.7 Å². The standard InChI is InChI=1S/C23H16F3N3O3/c24-23(25,26)17-9-5-10-18(13-17)27-20(30)14-31-19-11-4-8-16(12-19)22-28-21(29-32-22)15-6-2-1-3-7-15/h1-13H,14H2,(H,27,30). The van der Waals surface area contributed by atoms with Crippen molar-refractivity contribution in [3.63, 3.8) is 0 Å². The number of benzene rings is 3. The highest BCUT2D eigenvalue weighted by molar-refractivity contribution is 5.92. The summed E-state index contributed by atoms with van der Waals surface area (Å²) in [7, 11) is 0. The van der Waals surface area contributed by atoms with Gasteiger partial charge in [0.15, 0.2) is 6.61 Å². The molecule has 32 heavy (non-hydrogen) atoms. The topological polar surface area (TPSA) is 77.2 Å². The summed E-state index contributed by atoms with van der Waals surface area (Å²) < 4.78 is 49.2. The summed E-state index contributed by atoms with van der Waals surface area (Å²) in [4.78, 5) is 16.5. The zero-order chi connectivity index (χ0) is 22.6. The van der Waals surface area contributed by atoms with Crippen LogP contribution in [0.25, 0.3) is 22.8 Å². The highest BCUT2D eigenvalue weighted by atomic mass is 19.4. The van der Waals surface area contributed by atoms with Gasteiger partial charge in [0.1, 0.15) is 5.75 Å². The Morgan fingerprint density at radius 2 is 1.69 bits per heavy atom. The quantitative estimate of drug-likeness (QED) is 0.433. The van der Waals surface area contributed by atoms with Gasteiger partial charge in [0.25, 0.3) is 11.8 Å². The third kappa shape index (κ3) is 5.12. The summed E-state index contributed by atoms with van der Waals surface area (Å²) in [5.74, 6) is 0.482. The molecule has 0 aliphatic heterocycles. The molecule has 0 spiro atoms. The fourth-order valence-electron chi connectivity index (χ4n) is 2.88. The molecule has 4 aromatic rings. The molecule has 162 valence electrons. The number of ether oxygens (including phenoxy) is 1. The number of hydrogen-bond donors (Lipinski definition) is 1. The molecule has 0 radical (unpaired) electrons. The van der Waals surface area contributed by atoms with Gasteiger partial charge in [-0.05, 0) is 36.4 Å². The van der Waals surface area contributed by atoms with Crippen LogP contribution in [-0.4, -0.2) is 22.7 Å². The van der Waals surface area contributed by atoms with Crippen molar-refractivity contribution >= 4 is 11.6 Å². The molecule has 3 aromatic carbocycles. The second kappa shape index (κ2) is 8.93. The third-order valence-corrected chi connectivity index (χ3v) is 4.38. The van der Waals surface area contributed by atoms with Crippen molar-refractivity contribution in [2.75, 3.05) is 11.9 Å². The van der Waals surface area contributed by atoms with Gasteiger partial charge in [0, 0.05) is 16.8 Å². The number of carbonyl (C=O) groups excluding carboxylic acids is 1. The lowest BCUT2D eigenvalue weighted by Crippen LogP contribution is -2.20. The van der Waals surface area contributed by atoms with Gasteiger partial charge < -0.3 is 14.6 Å². The SMILES string of the molecule is O=C(COc1cccc(-c2nc(-c3ccccc3)no2)c1)Nc1cccc(C(F)(F)F)c1. The normalized spacial score (nSPS) is 11.2. The zero-order valence-electron chi connectivity index (χ0n) is 16.5. The van der Waals surface area contributed by atoms with Crippen molar-refractivity contribution in [3.05, 3.63) is 84.4 Å². The summed E-state index contributed by atoms with van der Waals surface area (Å²) in [6.45, 7) is -0.390. The Kier molecular flexibility index (Phi) is 5.89. The number of anilines is 1. The van der Waals surface area contributed by atoms with E-state index >= 15 is 0 Å². The van der Waals surface area contributed by atoms with Crippen molar-refractivity contribution in [1.82, 2.24) is 10.1 Å². The van der Waals surface area contributed by atoms with E-state index in [0.29, 0.717) is 17.1 Å². The number of nitrogens with one attached hydrogen (secondary N) is 1. The lowest BCUT2D eigenvalue weighted by molar-refractivity contribution is -0.137. The minimum atomic E-state index is -4.49. The smallest absolute Gasteiger partial charge is 0.416 e. The number of rotatable bonds is 6. The van der Waals surface area contributed by atoms with Crippen LogP contribution >= 0.6 is 0 Å². The minimum Gasteiger partial charge on any atom is -0.484 e.